The molecular formula is C18H18FN3O. The zero-order chi connectivity index (χ0) is 15.6. The Labute approximate surface area is 133 Å². The number of benzene rings is 2. The largest absolute Gasteiger partial charge is 0.473 e. The van der Waals surface area contributed by atoms with Gasteiger partial charge in [0.25, 0.3) is 0 Å². The number of ether oxygens (including phenoxy) is 1. The van der Waals surface area contributed by atoms with E-state index in [1.165, 1.54) is 6.07 Å². The number of nitrogens with one attached hydrogen (secondary N) is 2. The van der Waals surface area contributed by atoms with Gasteiger partial charge in [-0.2, -0.15) is 0 Å². The maximum Gasteiger partial charge on any atom is 0.240 e. The monoisotopic (exact) mass is 311 g/mol. The maximum atomic E-state index is 14.0. The lowest BCUT2D eigenvalue weighted by molar-refractivity contribution is 0.158. The molecule has 0 atom stereocenters. The summed E-state index contributed by atoms with van der Waals surface area (Å²) in [5.41, 5.74) is 2.31. The molecule has 0 unspecified atom stereocenters. The van der Waals surface area contributed by atoms with Crippen molar-refractivity contribution in [2.45, 2.75) is 18.9 Å². The number of H-pyrrole nitrogens is 1. The molecule has 0 amide bonds. The van der Waals surface area contributed by atoms with E-state index in [0.29, 0.717) is 11.4 Å². The number of halogens is 1. The van der Waals surface area contributed by atoms with Crippen LogP contribution in [-0.4, -0.2) is 29.4 Å². The second-order valence-corrected chi connectivity index (χ2v) is 5.84. The fourth-order valence-corrected chi connectivity index (χ4v) is 3.01. The summed E-state index contributed by atoms with van der Waals surface area (Å²) < 4.78 is 20.1. The molecule has 1 aliphatic heterocycles. The Hall–Kier alpha value is -2.40. The van der Waals surface area contributed by atoms with Crippen molar-refractivity contribution in [3.8, 4) is 17.0 Å². The van der Waals surface area contributed by atoms with Crippen LogP contribution in [0.2, 0.25) is 0 Å². The quantitative estimate of drug-likeness (QED) is 0.778. The van der Waals surface area contributed by atoms with Gasteiger partial charge >= 0.3 is 0 Å². The highest BCUT2D eigenvalue weighted by Gasteiger charge is 2.18. The van der Waals surface area contributed by atoms with Crippen molar-refractivity contribution >= 4 is 10.9 Å². The van der Waals surface area contributed by atoms with Crippen LogP contribution >= 0.6 is 0 Å². The predicted molar refractivity (Wildman–Crippen MR) is 88.0 cm³/mol. The Morgan fingerprint density at radius 1 is 1.09 bits per heavy atom. The van der Waals surface area contributed by atoms with E-state index >= 15 is 0 Å². The molecule has 2 heterocycles. The van der Waals surface area contributed by atoms with Crippen LogP contribution in [0.1, 0.15) is 12.8 Å². The molecule has 2 aromatic carbocycles. The highest BCUT2D eigenvalue weighted by atomic mass is 19.1. The summed E-state index contributed by atoms with van der Waals surface area (Å²) >= 11 is 0. The number of piperidine rings is 1. The summed E-state index contributed by atoms with van der Waals surface area (Å²) in [4.78, 5) is 0. The standard InChI is InChI=1S/C18H18FN3O/c19-16-4-2-1-3-14(16)12-5-6-17-15(11-12)18(22-21-17)23-13-7-9-20-10-8-13/h1-6,11,13,20H,7-10H2,(H,21,22). The Balaban J connectivity index is 1.70. The number of nitrogens with zero attached hydrogens (tertiary/aromatic N) is 1. The van der Waals surface area contributed by atoms with Crippen molar-refractivity contribution in [1.82, 2.24) is 15.5 Å². The Bertz CT molecular complexity index is 824. The minimum absolute atomic E-state index is 0.180. The lowest BCUT2D eigenvalue weighted by atomic mass is 10.0. The fourth-order valence-electron chi connectivity index (χ4n) is 3.01. The van der Waals surface area contributed by atoms with Gasteiger partial charge in [-0.25, -0.2) is 4.39 Å². The number of fused-ring (bicyclic) bond motifs is 1. The van der Waals surface area contributed by atoms with Gasteiger partial charge in [0, 0.05) is 5.56 Å². The maximum absolute atomic E-state index is 14.0. The normalized spacial score (nSPS) is 15.9. The molecule has 0 radical (unpaired) electrons. The molecule has 2 N–H and O–H groups in total. The topological polar surface area (TPSA) is 49.9 Å². The van der Waals surface area contributed by atoms with Gasteiger partial charge in [-0.3, -0.25) is 5.10 Å². The van der Waals surface area contributed by atoms with Crippen LogP contribution in [0.25, 0.3) is 22.0 Å². The van der Waals surface area contributed by atoms with Gasteiger partial charge < -0.3 is 10.1 Å². The first-order valence-corrected chi connectivity index (χ1v) is 7.92. The van der Waals surface area contributed by atoms with Gasteiger partial charge in [-0.05, 0) is 49.7 Å². The van der Waals surface area contributed by atoms with E-state index in [2.05, 4.69) is 15.5 Å². The number of aromatic nitrogens is 2. The summed E-state index contributed by atoms with van der Waals surface area (Å²) in [5, 5.41) is 11.5. The zero-order valence-corrected chi connectivity index (χ0v) is 12.7. The van der Waals surface area contributed by atoms with Crippen molar-refractivity contribution in [3.05, 3.63) is 48.3 Å². The van der Waals surface area contributed by atoms with Crippen LogP contribution in [0.3, 0.4) is 0 Å². The molecule has 1 aromatic heterocycles. The molecule has 23 heavy (non-hydrogen) atoms. The first-order valence-electron chi connectivity index (χ1n) is 7.92. The summed E-state index contributed by atoms with van der Waals surface area (Å²) in [6.07, 6.45) is 2.13. The van der Waals surface area contributed by atoms with Crippen LogP contribution in [0.5, 0.6) is 5.88 Å². The van der Waals surface area contributed by atoms with E-state index in [1.54, 1.807) is 12.1 Å². The Morgan fingerprint density at radius 3 is 2.74 bits per heavy atom. The van der Waals surface area contributed by atoms with E-state index in [4.69, 9.17) is 4.74 Å². The highest BCUT2D eigenvalue weighted by Crippen LogP contribution is 2.31. The molecule has 0 saturated carbocycles. The SMILES string of the molecule is Fc1ccccc1-c1ccc2[nH]nc(OC3CCNCC3)c2c1. The number of rotatable bonds is 3. The summed E-state index contributed by atoms with van der Waals surface area (Å²) in [5.74, 6) is 0.376. The lowest BCUT2D eigenvalue weighted by Crippen LogP contribution is -2.34. The van der Waals surface area contributed by atoms with Crippen LogP contribution in [0, 0.1) is 5.82 Å². The summed E-state index contributed by atoms with van der Waals surface area (Å²) in [7, 11) is 0. The molecule has 1 fully saturated rings. The molecule has 1 aliphatic rings. The zero-order valence-electron chi connectivity index (χ0n) is 12.7. The van der Waals surface area contributed by atoms with Crippen molar-refractivity contribution in [3.63, 3.8) is 0 Å². The molecule has 3 aromatic rings. The first-order chi connectivity index (χ1) is 11.3. The molecule has 4 rings (SSSR count). The van der Waals surface area contributed by atoms with E-state index < -0.39 is 0 Å². The van der Waals surface area contributed by atoms with Gasteiger partial charge in [-0.15, -0.1) is 5.10 Å². The Morgan fingerprint density at radius 2 is 1.91 bits per heavy atom. The van der Waals surface area contributed by atoms with Crippen LogP contribution in [0.15, 0.2) is 42.5 Å². The second kappa shape index (κ2) is 6.01. The van der Waals surface area contributed by atoms with Crippen LogP contribution in [0.4, 0.5) is 4.39 Å². The van der Waals surface area contributed by atoms with Gasteiger partial charge in [0.15, 0.2) is 0 Å². The summed E-state index contributed by atoms with van der Waals surface area (Å²) in [6.45, 7) is 1.93. The van der Waals surface area contributed by atoms with Crippen molar-refractivity contribution in [2.75, 3.05) is 13.1 Å². The molecule has 118 valence electrons. The van der Waals surface area contributed by atoms with E-state index in [-0.39, 0.29) is 11.9 Å². The van der Waals surface area contributed by atoms with Gasteiger partial charge in [0.2, 0.25) is 5.88 Å². The minimum atomic E-state index is -0.226. The smallest absolute Gasteiger partial charge is 0.240 e. The number of hydrogen-bond donors (Lipinski definition) is 2. The number of hydrogen-bond acceptors (Lipinski definition) is 3. The van der Waals surface area contributed by atoms with Crippen molar-refractivity contribution in [1.29, 1.82) is 0 Å². The van der Waals surface area contributed by atoms with E-state index in [0.717, 1.165) is 42.4 Å². The first kappa shape index (κ1) is 14.2. The Kier molecular flexibility index (Phi) is 3.71. The molecule has 0 spiro atoms. The van der Waals surface area contributed by atoms with Gasteiger partial charge in [0.05, 0.1) is 10.9 Å². The predicted octanol–water partition coefficient (Wildman–Crippen LogP) is 3.50. The fraction of sp³-hybridized carbons (Fsp3) is 0.278. The minimum Gasteiger partial charge on any atom is -0.473 e. The van der Waals surface area contributed by atoms with Gasteiger partial charge in [-0.1, -0.05) is 24.3 Å². The third-order valence-electron chi connectivity index (χ3n) is 4.28. The molecule has 5 heteroatoms. The lowest BCUT2D eigenvalue weighted by Gasteiger charge is -2.22. The van der Waals surface area contributed by atoms with Crippen molar-refractivity contribution in [2.24, 2.45) is 0 Å². The second-order valence-electron chi connectivity index (χ2n) is 5.84. The average Bonchev–Trinajstić information content (AvgIpc) is 2.98. The van der Waals surface area contributed by atoms with Gasteiger partial charge in [0.1, 0.15) is 11.9 Å². The highest BCUT2D eigenvalue weighted by molar-refractivity contribution is 5.88. The van der Waals surface area contributed by atoms with E-state index in [9.17, 15) is 4.39 Å². The third kappa shape index (κ3) is 2.80. The van der Waals surface area contributed by atoms with Crippen LogP contribution < -0.4 is 10.1 Å². The van der Waals surface area contributed by atoms with E-state index in [1.807, 2.05) is 24.3 Å². The van der Waals surface area contributed by atoms with Crippen molar-refractivity contribution < 1.29 is 9.13 Å². The molecule has 0 aliphatic carbocycles. The molecular weight excluding hydrogens is 293 g/mol. The van der Waals surface area contributed by atoms with Crippen LogP contribution in [-0.2, 0) is 0 Å². The third-order valence-corrected chi connectivity index (χ3v) is 4.28. The average molecular weight is 311 g/mol. The number of aromatic amines is 1. The molecule has 4 nitrogen and oxygen atoms in total. The summed E-state index contributed by atoms with van der Waals surface area (Å²) in [6, 6.07) is 12.5. The molecule has 0 bridgehead atoms. The molecule has 1 saturated heterocycles.